The fourth-order valence-corrected chi connectivity index (χ4v) is 1.58. The molecule has 0 saturated heterocycles. The number of benzene rings is 1. The number of halogens is 1. The molecule has 0 aromatic heterocycles. The van der Waals surface area contributed by atoms with Crippen LogP contribution < -0.4 is 4.74 Å². The van der Waals surface area contributed by atoms with Gasteiger partial charge in [-0.1, -0.05) is 6.07 Å². The highest BCUT2D eigenvalue weighted by Gasteiger charge is 2.24. The Balaban J connectivity index is 1.92. The maximum Gasteiger partial charge on any atom is 0.165 e. The Morgan fingerprint density at radius 1 is 1.38 bits per heavy atom. The zero-order chi connectivity index (χ0) is 11.4. The van der Waals surface area contributed by atoms with Crippen molar-refractivity contribution in [1.82, 2.24) is 0 Å². The molecule has 3 heteroatoms. The third kappa shape index (κ3) is 3.20. The van der Waals surface area contributed by atoms with Crippen LogP contribution >= 0.6 is 0 Å². The summed E-state index contributed by atoms with van der Waals surface area (Å²) in [5.74, 6) is 0.139. The third-order valence-electron chi connectivity index (χ3n) is 2.63. The molecule has 1 fully saturated rings. The molecule has 0 aliphatic heterocycles. The quantitative estimate of drug-likeness (QED) is 0.692. The molecular formula is C13H17FO2. The van der Waals surface area contributed by atoms with Gasteiger partial charge in [0.1, 0.15) is 0 Å². The van der Waals surface area contributed by atoms with Crippen LogP contribution in [0.25, 0.3) is 0 Å². The van der Waals surface area contributed by atoms with Gasteiger partial charge in [-0.3, -0.25) is 0 Å². The molecule has 0 bridgehead atoms. The van der Waals surface area contributed by atoms with E-state index in [-0.39, 0.29) is 11.9 Å². The van der Waals surface area contributed by atoms with E-state index in [2.05, 4.69) is 0 Å². The van der Waals surface area contributed by atoms with E-state index in [0.717, 1.165) is 31.2 Å². The van der Waals surface area contributed by atoms with Crippen molar-refractivity contribution in [2.45, 2.75) is 31.8 Å². The van der Waals surface area contributed by atoms with Gasteiger partial charge in [0.15, 0.2) is 11.6 Å². The fourth-order valence-electron chi connectivity index (χ4n) is 1.58. The Kier molecular flexibility index (Phi) is 3.78. The van der Waals surface area contributed by atoms with Crippen LogP contribution in [0, 0.1) is 5.82 Å². The van der Waals surface area contributed by atoms with Crippen LogP contribution in [0.5, 0.6) is 5.75 Å². The second-order valence-corrected chi connectivity index (χ2v) is 4.18. The lowest BCUT2D eigenvalue weighted by Gasteiger charge is -2.07. The lowest BCUT2D eigenvalue weighted by molar-refractivity contribution is 0.195. The van der Waals surface area contributed by atoms with E-state index in [4.69, 9.17) is 9.47 Å². The van der Waals surface area contributed by atoms with E-state index in [0.29, 0.717) is 12.4 Å². The lowest BCUT2D eigenvalue weighted by Crippen LogP contribution is -1.99. The molecular weight excluding hydrogens is 207 g/mol. The number of hydrogen-bond acceptors (Lipinski definition) is 2. The molecule has 0 amide bonds. The van der Waals surface area contributed by atoms with Crippen LogP contribution in [0.4, 0.5) is 4.39 Å². The maximum atomic E-state index is 13.6. The summed E-state index contributed by atoms with van der Waals surface area (Å²) >= 11 is 0. The summed E-state index contributed by atoms with van der Waals surface area (Å²) in [6, 6.07) is 5.22. The topological polar surface area (TPSA) is 18.5 Å². The van der Waals surface area contributed by atoms with Crippen molar-refractivity contribution in [3.8, 4) is 5.75 Å². The zero-order valence-corrected chi connectivity index (χ0v) is 9.54. The highest BCUT2D eigenvalue weighted by Crippen LogP contribution is 2.28. The number of ether oxygens (including phenoxy) is 2. The van der Waals surface area contributed by atoms with E-state index in [1.54, 1.807) is 19.2 Å². The summed E-state index contributed by atoms with van der Waals surface area (Å²) < 4.78 is 24.0. The summed E-state index contributed by atoms with van der Waals surface area (Å²) in [4.78, 5) is 0. The molecule has 0 spiro atoms. The van der Waals surface area contributed by atoms with Gasteiger partial charge in [-0.25, -0.2) is 4.39 Å². The largest absolute Gasteiger partial charge is 0.487 e. The second kappa shape index (κ2) is 5.30. The Hall–Kier alpha value is -1.09. The smallest absolute Gasteiger partial charge is 0.165 e. The molecule has 1 saturated carbocycles. The predicted molar refractivity (Wildman–Crippen MR) is 60.2 cm³/mol. The molecule has 1 aliphatic rings. The van der Waals surface area contributed by atoms with Crippen molar-refractivity contribution in [3.05, 3.63) is 29.6 Å². The normalized spacial score (nSPS) is 15.1. The van der Waals surface area contributed by atoms with Gasteiger partial charge < -0.3 is 9.47 Å². The van der Waals surface area contributed by atoms with Crippen molar-refractivity contribution in [2.24, 2.45) is 0 Å². The average Bonchev–Trinajstić information content (AvgIpc) is 3.06. The van der Waals surface area contributed by atoms with E-state index in [1.165, 1.54) is 0 Å². The molecule has 88 valence electrons. The molecule has 1 aromatic rings. The Morgan fingerprint density at radius 2 is 2.19 bits per heavy atom. The maximum absolute atomic E-state index is 13.6. The van der Waals surface area contributed by atoms with E-state index >= 15 is 0 Å². The minimum Gasteiger partial charge on any atom is -0.487 e. The summed E-state index contributed by atoms with van der Waals surface area (Å²) in [7, 11) is 1.67. The van der Waals surface area contributed by atoms with Crippen molar-refractivity contribution >= 4 is 0 Å². The van der Waals surface area contributed by atoms with Gasteiger partial charge in [0.25, 0.3) is 0 Å². The summed E-state index contributed by atoms with van der Waals surface area (Å²) in [5, 5.41) is 0. The Morgan fingerprint density at radius 3 is 2.81 bits per heavy atom. The van der Waals surface area contributed by atoms with Crippen LogP contribution in [0.3, 0.4) is 0 Å². The first-order chi connectivity index (χ1) is 7.79. The first-order valence-electron chi connectivity index (χ1n) is 5.73. The van der Waals surface area contributed by atoms with Gasteiger partial charge in [0.2, 0.25) is 0 Å². The molecule has 1 aromatic carbocycles. The van der Waals surface area contributed by atoms with Gasteiger partial charge >= 0.3 is 0 Å². The first kappa shape index (κ1) is 11.4. The van der Waals surface area contributed by atoms with Crippen LogP contribution in [-0.2, 0) is 11.2 Å². The van der Waals surface area contributed by atoms with Crippen molar-refractivity contribution in [3.63, 3.8) is 0 Å². The minimum absolute atomic E-state index is 0.244. The predicted octanol–water partition coefficient (Wildman–Crippen LogP) is 2.95. The molecule has 0 N–H and O–H groups in total. The van der Waals surface area contributed by atoms with Crippen molar-refractivity contribution in [1.29, 1.82) is 0 Å². The van der Waals surface area contributed by atoms with Gasteiger partial charge in [-0.15, -0.1) is 0 Å². The molecule has 0 atom stereocenters. The van der Waals surface area contributed by atoms with Crippen LogP contribution in [0.15, 0.2) is 18.2 Å². The van der Waals surface area contributed by atoms with Crippen LogP contribution in [0.2, 0.25) is 0 Å². The standard InChI is InChI=1S/C13H17FO2/c1-15-8-2-3-10-4-7-13(12(14)9-10)16-11-5-6-11/h4,7,9,11H,2-3,5-6,8H2,1H3. The highest BCUT2D eigenvalue weighted by molar-refractivity contribution is 5.30. The number of aryl methyl sites for hydroxylation is 1. The number of methoxy groups -OCH3 is 1. The summed E-state index contributed by atoms with van der Waals surface area (Å²) in [6.45, 7) is 0.710. The third-order valence-corrected chi connectivity index (χ3v) is 2.63. The molecule has 1 aliphatic carbocycles. The molecule has 0 heterocycles. The van der Waals surface area contributed by atoms with Crippen LogP contribution in [-0.4, -0.2) is 19.8 Å². The summed E-state index contributed by atoms with van der Waals surface area (Å²) in [5.41, 5.74) is 0.998. The van der Waals surface area contributed by atoms with Gasteiger partial charge in [0.05, 0.1) is 6.10 Å². The molecule has 0 radical (unpaired) electrons. The monoisotopic (exact) mass is 224 g/mol. The molecule has 2 nitrogen and oxygen atoms in total. The van der Waals surface area contributed by atoms with Gasteiger partial charge in [-0.05, 0) is 43.4 Å². The molecule has 0 unspecified atom stereocenters. The fraction of sp³-hybridized carbons (Fsp3) is 0.538. The molecule has 16 heavy (non-hydrogen) atoms. The Labute approximate surface area is 95.4 Å². The summed E-state index contributed by atoms with van der Waals surface area (Å²) in [6.07, 6.45) is 4.10. The first-order valence-corrected chi connectivity index (χ1v) is 5.73. The Bertz CT molecular complexity index is 348. The van der Waals surface area contributed by atoms with Gasteiger partial charge in [0, 0.05) is 13.7 Å². The van der Waals surface area contributed by atoms with Crippen molar-refractivity contribution in [2.75, 3.05) is 13.7 Å². The van der Waals surface area contributed by atoms with E-state index < -0.39 is 0 Å². The second-order valence-electron chi connectivity index (χ2n) is 4.18. The number of hydrogen-bond donors (Lipinski definition) is 0. The SMILES string of the molecule is COCCCc1ccc(OC2CC2)c(F)c1. The van der Waals surface area contributed by atoms with E-state index in [9.17, 15) is 4.39 Å². The number of rotatable bonds is 6. The minimum atomic E-state index is -0.248. The van der Waals surface area contributed by atoms with E-state index in [1.807, 2.05) is 6.07 Å². The van der Waals surface area contributed by atoms with Crippen LogP contribution in [0.1, 0.15) is 24.8 Å². The average molecular weight is 224 g/mol. The highest BCUT2D eigenvalue weighted by atomic mass is 19.1. The lowest BCUT2D eigenvalue weighted by atomic mass is 10.1. The van der Waals surface area contributed by atoms with Crippen molar-refractivity contribution < 1.29 is 13.9 Å². The zero-order valence-electron chi connectivity index (χ0n) is 9.54. The van der Waals surface area contributed by atoms with Gasteiger partial charge in [-0.2, -0.15) is 0 Å². The molecule has 2 rings (SSSR count).